The number of nitrogens with one attached hydrogen (secondary N) is 1. The van der Waals surface area contributed by atoms with E-state index in [1.54, 1.807) is 15.9 Å². The Balaban J connectivity index is 0.838. The number of ether oxygens (including phenoxy) is 1. The van der Waals surface area contributed by atoms with Crippen LogP contribution in [0, 0.1) is 28.5 Å². The zero-order valence-corrected chi connectivity index (χ0v) is 30.7. The highest BCUT2D eigenvalue weighted by molar-refractivity contribution is 6.05. The van der Waals surface area contributed by atoms with Crippen molar-refractivity contribution in [2.45, 2.75) is 63.2 Å². The lowest BCUT2D eigenvalue weighted by Gasteiger charge is -2.36. The van der Waals surface area contributed by atoms with E-state index >= 15 is 4.39 Å². The van der Waals surface area contributed by atoms with Gasteiger partial charge in [0.2, 0.25) is 11.8 Å². The van der Waals surface area contributed by atoms with Gasteiger partial charge in [-0.05, 0) is 98.2 Å². The van der Waals surface area contributed by atoms with E-state index in [9.17, 15) is 32.8 Å². The van der Waals surface area contributed by atoms with Crippen LogP contribution >= 0.6 is 0 Å². The molecule has 56 heavy (non-hydrogen) atoms. The Morgan fingerprint density at radius 1 is 0.839 bits per heavy atom. The van der Waals surface area contributed by atoms with Crippen molar-refractivity contribution in [2.75, 3.05) is 62.2 Å². The number of rotatable bonds is 10. The number of halogens is 4. The zero-order valence-electron chi connectivity index (χ0n) is 30.7. The predicted molar refractivity (Wildman–Crippen MR) is 197 cm³/mol. The quantitative estimate of drug-likeness (QED) is 0.156. The van der Waals surface area contributed by atoms with Crippen LogP contribution in [0.4, 0.5) is 28.9 Å². The average Bonchev–Trinajstić information content (AvgIpc) is 3.52. The van der Waals surface area contributed by atoms with Gasteiger partial charge in [-0.15, -0.1) is 0 Å². The molecule has 1 unspecified atom stereocenters. The molecule has 4 aliphatic heterocycles. The number of imide groups is 1. The number of alkyl halides is 3. The van der Waals surface area contributed by atoms with Gasteiger partial charge in [0, 0.05) is 63.5 Å². The molecule has 0 saturated carbocycles. The van der Waals surface area contributed by atoms with Crippen LogP contribution in [0.3, 0.4) is 0 Å². The fraction of sp³-hybridized carbons (Fsp3) is 0.439. The molecule has 0 radical (unpaired) electrons. The number of amides is 3. The summed E-state index contributed by atoms with van der Waals surface area (Å²) in [6.45, 7) is 5.82. The molecule has 7 rings (SSSR count). The van der Waals surface area contributed by atoms with Crippen molar-refractivity contribution in [3.05, 3.63) is 87.7 Å². The zero-order chi connectivity index (χ0) is 39.6. The number of hydrogen-bond donors (Lipinski definition) is 1. The molecule has 3 fully saturated rings. The van der Waals surface area contributed by atoms with E-state index in [0.29, 0.717) is 62.4 Å². The second-order valence-electron chi connectivity index (χ2n) is 14.7. The fourth-order valence-corrected chi connectivity index (χ4v) is 8.30. The van der Waals surface area contributed by atoms with Crippen molar-refractivity contribution in [2.24, 2.45) is 0 Å². The summed E-state index contributed by atoms with van der Waals surface area (Å²) in [4.78, 5) is 44.9. The summed E-state index contributed by atoms with van der Waals surface area (Å²) in [6.07, 6.45) is -1.64. The van der Waals surface area contributed by atoms with E-state index in [1.165, 1.54) is 12.1 Å². The maximum absolute atomic E-state index is 15.0. The largest absolute Gasteiger partial charge is 0.494 e. The lowest BCUT2D eigenvalue weighted by atomic mass is 9.86. The first-order valence-corrected chi connectivity index (χ1v) is 18.9. The number of anilines is 2. The third-order valence-corrected chi connectivity index (χ3v) is 11.3. The Labute approximate surface area is 322 Å². The van der Waals surface area contributed by atoms with Crippen LogP contribution in [-0.2, 0) is 22.3 Å². The van der Waals surface area contributed by atoms with Crippen LogP contribution < -0.4 is 19.9 Å². The second kappa shape index (κ2) is 16.2. The molecule has 4 heterocycles. The molecule has 0 aliphatic carbocycles. The molecule has 0 aromatic heterocycles. The van der Waals surface area contributed by atoms with Gasteiger partial charge in [0.1, 0.15) is 17.4 Å². The molecule has 3 saturated heterocycles. The van der Waals surface area contributed by atoms with Crippen LogP contribution in [0.2, 0.25) is 0 Å². The first-order valence-electron chi connectivity index (χ1n) is 18.9. The summed E-state index contributed by atoms with van der Waals surface area (Å²) in [6, 6.07) is 16.5. The summed E-state index contributed by atoms with van der Waals surface area (Å²) in [5.41, 5.74) is 1.38. The number of unbranched alkanes of at least 4 members (excludes halogenated alkanes) is 1. The second-order valence-corrected chi connectivity index (χ2v) is 14.7. The number of nitrogens with zero attached hydrogens (tertiary/aromatic N) is 6. The van der Waals surface area contributed by atoms with Crippen LogP contribution in [-0.4, -0.2) is 86.0 Å². The highest BCUT2D eigenvalue weighted by Crippen LogP contribution is 2.40. The van der Waals surface area contributed by atoms with Gasteiger partial charge < -0.3 is 19.4 Å². The Morgan fingerprint density at radius 2 is 1.59 bits per heavy atom. The minimum Gasteiger partial charge on any atom is -0.494 e. The molecule has 292 valence electrons. The van der Waals surface area contributed by atoms with E-state index in [1.807, 2.05) is 30.3 Å². The Morgan fingerprint density at radius 3 is 2.29 bits per heavy atom. The maximum atomic E-state index is 15.0. The van der Waals surface area contributed by atoms with Crippen molar-refractivity contribution >= 4 is 29.1 Å². The van der Waals surface area contributed by atoms with Crippen molar-refractivity contribution in [1.29, 1.82) is 10.5 Å². The normalized spacial score (nSPS) is 19.4. The minimum atomic E-state index is -4.99. The summed E-state index contributed by atoms with van der Waals surface area (Å²) >= 11 is 0. The smallest absolute Gasteiger partial charge is 0.420 e. The lowest BCUT2D eigenvalue weighted by Crippen LogP contribution is -2.52. The molecule has 11 nitrogen and oxygen atoms in total. The Kier molecular flexibility index (Phi) is 11.2. The number of piperazine rings is 1. The molecule has 1 atom stereocenters. The van der Waals surface area contributed by atoms with E-state index in [2.05, 4.69) is 21.2 Å². The minimum absolute atomic E-state index is 0.0267. The summed E-state index contributed by atoms with van der Waals surface area (Å²) in [5, 5.41) is 21.3. The van der Waals surface area contributed by atoms with Crippen LogP contribution in [0.1, 0.15) is 82.6 Å². The molecule has 0 spiro atoms. The maximum Gasteiger partial charge on any atom is 0.420 e. The third kappa shape index (κ3) is 8.00. The summed E-state index contributed by atoms with van der Waals surface area (Å²) < 4.78 is 61.6. The fourth-order valence-electron chi connectivity index (χ4n) is 8.30. The Bertz CT molecular complexity index is 2100. The van der Waals surface area contributed by atoms with Gasteiger partial charge in [0.25, 0.3) is 5.91 Å². The van der Waals surface area contributed by atoms with Gasteiger partial charge >= 0.3 is 6.18 Å². The molecule has 4 aliphatic rings. The average molecular weight is 772 g/mol. The van der Waals surface area contributed by atoms with Gasteiger partial charge in [-0.1, -0.05) is 6.07 Å². The number of carbonyl (C=O) groups excluding carboxylic acids is 3. The summed E-state index contributed by atoms with van der Waals surface area (Å²) in [5.74, 6) is -1.77. The van der Waals surface area contributed by atoms with Crippen LogP contribution in [0.15, 0.2) is 48.5 Å². The number of benzene rings is 3. The van der Waals surface area contributed by atoms with Gasteiger partial charge in [0.15, 0.2) is 5.82 Å². The number of hydrogen-bond acceptors (Lipinski definition) is 9. The van der Waals surface area contributed by atoms with Crippen molar-refractivity contribution in [1.82, 2.24) is 15.1 Å². The molecule has 0 bridgehead atoms. The number of nitriles is 2. The predicted octanol–water partition coefficient (Wildman–Crippen LogP) is 5.71. The van der Waals surface area contributed by atoms with Crippen LogP contribution in [0.5, 0.6) is 5.75 Å². The van der Waals surface area contributed by atoms with Crippen molar-refractivity contribution in [3.63, 3.8) is 0 Å². The van der Waals surface area contributed by atoms with Gasteiger partial charge in [0.05, 0.1) is 35.6 Å². The third-order valence-electron chi connectivity index (χ3n) is 11.3. The van der Waals surface area contributed by atoms with E-state index in [0.717, 1.165) is 68.4 Å². The summed E-state index contributed by atoms with van der Waals surface area (Å²) in [7, 11) is 0. The number of piperidine rings is 2. The monoisotopic (exact) mass is 771 g/mol. The van der Waals surface area contributed by atoms with Crippen molar-refractivity contribution in [3.8, 4) is 17.9 Å². The highest BCUT2D eigenvalue weighted by Gasteiger charge is 2.40. The first-order chi connectivity index (χ1) is 26.9. The van der Waals surface area contributed by atoms with Gasteiger partial charge in [-0.2, -0.15) is 23.7 Å². The highest BCUT2D eigenvalue weighted by atomic mass is 19.4. The number of fused-ring (bicyclic) bond motifs is 1. The molecule has 1 N–H and O–H groups in total. The van der Waals surface area contributed by atoms with Crippen molar-refractivity contribution < 1.29 is 36.7 Å². The first kappa shape index (κ1) is 38.6. The SMILES string of the molecule is N#Cc1cc(OCCCCN2CCN(c3ccc4c(c3)CN(C3CCC(=O)NC3=O)C4=O)CC2)ccc1C1CCN(c2ccc(C#N)c(C(F)(F)F)c2F)CC1. The molecular formula is C41H41F4N7O4. The van der Waals surface area contributed by atoms with Gasteiger partial charge in [-0.25, -0.2) is 4.39 Å². The number of carbonyl (C=O) groups is 3. The van der Waals surface area contributed by atoms with E-state index < -0.39 is 35.1 Å². The van der Waals surface area contributed by atoms with Gasteiger partial charge in [-0.3, -0.25) is 24.6 Å². The molecular weight excluding hydrogens is 730 g/mol. The molecule has 15 heteroatoms. The standard InChI is InChI=1S/C41H41F4N7O4/c42-38-34(8-3-27(23-46)37(38)41(43,44)45)51-14-11-26(12-15-51)32-7-5-31(22-28(32)24-47)56-20-2-1-13-49-16-18-50(19-17-49)30-4-6-33-29(21-30)25-52(40(33)55)35-9-10-36(53)48-39(35)54/h3-8,21-22,26,35H,1-2,9-20,25H2,(H,48,53,54). The molecule has 3 amide bonds. The van der Waals surface area contributed by atoms with Crippen LogP contribution in [0.25, 0.3) is 0 Å². The Hall–Kier alpha value is -5.67. The van der Waals surface area contributed by atoms with E-state index in [-0.39, 0.29) is 29.8 Å². The lowest BCUT2D eigenvalue weighted by molar-refractivity contribution is -0.140. The molecule has 3 aromatic rings. The topological polar surface area (TPSA) is 133 Å². The van der Waals surface area contributed by atoms with E-state index in [4.69, 9.17) is 10.00 Å². The molecule has 3 aromatic carbocycles.